The Bertz CT molecular complexity index is 2060. The monoisotopic (exact) mass is 750 g/mol. The van der Waals surface area contributed by atoms with Crippen LogP contribution in [0.5, 0.6) is 5.75 Å². The summed E-state index contributed by atoms with van der Waals surface area (Å²) in [5, 5.41) is 9.43. The van der Waals surface area contributed by atoms with Gasteiger partial charge in [-0.1, -0.05) is 152 Å². The van der Waals surface area contributed by atoms with Gasteiger partial charge < -0.3 is 33.5 Å². The molecular weight excluding hydrogens is 705 g/mol. The van der Waals surface area contributed by atoms with E-state index >= 15 is 0 Å². The molecule has 8 nitrogen and oxygen atoms in total. The summed E-state index contributed by atoms with van der Waals surface area (Å²) in [6.07, 6.45) is -2.97. The molecule has 1 aliphatic heterocycles. The summed E-state index contributed by atoms with van der Waals surface area (Å²) in [5.41, 5.74) is 6.15. The number of rotatable bonds is 18. The van der Waals surface area contributed by atoms with Crippen LogP contribution in [0.3, 0.4) is 0 Å². The van der Waals surface area contributed by atoms with Gasteiger partial charge in [-0.3, -0.25) is 0 Å². The van der Waals surface area contributed by atoms with E-state index < -0.39 is 36.7 Å². The molecule has 0 aliphatic carbocycles. The first-order chi connectivity index (χ1) is 27.6. The van der Waals surface area contributed by atoms with Gasteiger partial charge in [-0.15, -0.1) is 0 Å². The lowest BCUT2D eigenvalue weighted by molar-refractivity contribution is -0.310. The van der Waals surface area contributed by atoms with Crippen molar-refractivity contribution in [1.82, 2.24) is 0 Å². The SMILES string of the molecule is O=C(O)c1ccc(Cc2ccccc2O[C@@H]2O[C@H](COCc3ccccc3)[C@@H](OCc3ccccc3)[C@H](OCc3ccccc3)[C@H]2OCc2ccccc2)cc1. The number of benzene rings is 6. The van der Waals surface area contributed by atoms with E-state index in [4.69, 9.17) is 28.4 Å². The van der Waals surface area contributed by atoms with Crippen molar-refractivity contribution in [2.75, 3.05) is 6.61 Å². The molecule has 6 aromatic rings. The van der Waals surface area contributed by atoms with Gasteiger partial charge in [-0.05, 0) is 51.6 Å². The number of aromatic carboxylic acids is 1. The fraction of sp³-hybridized carbons (Fsp3) is 0.229. The number of carboxylic acid groups (broad SMARTS) is 1. The minimum atomic E-state index is -0.964. The zero-order chi connectivity index (χ0) is 38.4. The van der Waals surface area contributed by atoms with Gasteiger partial charge in [0.15, 0.2) is 0 Å². The molecule has 0 spiro atoms. The van der Waals surface area contributed by atoms with Crippen LogP contribution < -0.4 is 4.74 Å². The van der Waals surface area contributed by atoms with Crippen LogP contribution in [0, 0.1) is 0 Å². The van der Waals surface area contributed by atoms with E-state index in [0.717, 1.165) is 33.4 Å². The van der Waals surface area contributed by atoms with E-state index in [2.05, 4.69) is 0 Å². The molecule has 286 valence electrons. The highest BCUT2D eigenvalue weighted by molar-refractivity contribution is 5.87. The van der Waals surface area contributed by atoms with Gasteiger partial charge in [-0.25, -0.2) is 4.79 Å². The zero-order valence-electron chi connectivity index (χ0n) is 31.1. The first-order valence-corrected chi connectivity index (χ1v) is 18.9. The predicted molar refractivity (Wildman–Crippen MR) is 213 cm³/mol. The smallest absolute Gasteiger partial charge is 0.335 e. The average molecular weight is 751 g/mol. The Hall–Kier alpha value is -5.61. The molecule has 0 aromatic heterocycles. The predicted octanol–water partition coefficient (Wildman–Crippen LogP) is 9.05. The third kappa shape index (κ3) is 10.8. The molecular formula is C48H46O8. The number of para-hydroxylation sites is 1. The minimum absolute atomic E-state index is 0.211. The van der Waals surface area contributed by atoms with Crippen LogP contribution in [0.1, 0.15) is 43.7 Å². The summed E-state index contributed by atoms with van der Waals surface area (Å²) in [6, 6.07) is 54.8. The third-order valence-corrected chi connectivity index (χ3v) is 9.65. The Kier molecular flexibility index (Phi) is 13.7. The molecule has 1 aliphatic rings. The summed E-state index contributed by atoms with van der Waals surface area (Å²) in [6.45, 7) is 1.54. The summed E-state index contributed by atoms with van der Waals surface area (Å²) in [7, 11) is 0. The highest BCUT2D eigenvalue weighted by Crippen LogP contribution is 2.34. The van der Waals surface area contributed by atoms with E-state index in [1.807, 2.05) is 158 Å². The maximum absolute atomic E-state index is 11.5. The maximum atomic E-state index is 11.5. The molecule has 0 amide bonds. The van der Waals surface area contributed by atoms with Crippen LogP contribution in [0.4, 0.5) is 0 Å². The Labute approximate surface area is 328 Å². The normalized spacial score (nSPS) is 19.3. The first kappa shape index (κ1) is 38.7. The summed E-state index contributed by atoms with van der Waals surface area (Å²) < 4.78 is 40.6. The standard InChI is InChI=1S/C48H46O8/c49-47(50)40-27-25-35(26-28-40)29-41-23-13-14-24-42(41)55-48-46(54-33-39-21-11-4-12-22-39)45(53-32-38-19-9-3-10-20-38)44(52-31-37-17-7-2-8-18-37)43(56-48)34-51-30-36-15-5-1-6-16-36/h1-28,43-46,48H,29-34H2,(H,49,50)/t43-,44-,45+,46-,48-/m1/s1. The zero-order valence-corrected chi connectivity index (χ0v) is 31.1. The van der Waals surface area contributed by atoms with E-state index in [1.165, 1.54) is 0 Å². The van der Waals surface area contributed by atoms with Crippen LogP contribution in [0.2, 0.25) is 0 Å². The summed E-state index contributed by atoms with van der Waals surface area (Å²) in [5.74, 6) is -0.351. The number of hydrogen-bond donors (Lipinski definition) is 1. The lowest BCUT2D eigenvalue weighted by atomic mass is 9.97. The lowest BCUT2D eigenvalue weighted by Gasteiger charge is -2.46. The molecule has 8 heteroatoms. The summed E-state index contributed by atoms with van der Waals surface area (Å²) in [4.78, 5) is 11.5. The Morgan fingerprint density at radius 3 is 1.50 bits per heavy atom. The molecule has 0 radical (unpaired) electrons. The van der Waals surface area contributed by atoms with Crippen LogP contribution in [0.25, 0.3) is 0 Å². The molecule has 0 unspecified atom stereocenters. The quantitative estimate of drug-likeness (QED) is 0.0931. The highest BCUT2D eigenvalue weighted by Gasteiger charge is 2.50. The fourth-order valence-electron chi connectivity index (χ4n) is 6.72. The van der Waals surface area contributed by atoms with Gasteiger partial charge >= 0.3 is 5.97 Å². The van der Waals surface area contributed by atoms with Crippen LogP contribution in [-0.4, -0.2) is 48.4 Å². The second-order valence-corrected chi connectivity index (χ2v) is 13.7. The van der Waals surface area contributed by atoms with Crippen molar-refractivity contribution in [3.05, 3.63) is 209 Å². The number of carbonyl (C=O) groups is 1. The average Bonchev–Trinajstić information content (AvgIpc) is 3.24. The van der Waals surface area contributed by atoms with E-state index in [9.17, 15) is 9.90 Å². The molecule has 56 heavy (non-hydrogen) atoms. The number of ether oxygens (including phenoxy) is 6. The van der Waals surface area contributed by atoms with Crippen molar-refractivity contribution in [1.29, 1.82) is 0 Å². The van der Waals surface area contributed by atoms with Gasteiger partial charge in [0.2, 0.25) is 6.29 Å². The molecule has 1 saturated heterocycles. The molecule has 0 bridgehead atoms. The second kappa shape index (κ2) is 19.8. The lowest BCUT2D eigenvalue weighted by Crippen LogP contribution is -2.62. The van der Waals surface area contributed by atoms with Gasteiger partial charge in [-0.2, -0.15) is 0 Å². The van der Waals surface area contributed by atoms with Gasteiger partial charge in [0.1, 0.15) is 30.2 Å². The van der Waals surface area contributed by atoms with Crippen molar-refractivity contribution >= 4 is 5.97 Å². The molecule has 7 rings (SSSR count). The Balaban J connectivity index is 1.22. The topological polar surface area (TPSA) is 92.7 Å². The second-order valence-electron chi connectivity index (χ2n) is 13.7. The van der Waals surface area contributed by atoms with Crippen LogP contribution in [0.15, 0.2) is 170 Å². The molecule has 1 heterocycles. The Morgan fingerprint density at radius 2 is 0.964 bits per heavy atom. The fourth-order valence-corrected chi connectivity index (χ4v) is 6.72. The van der Waals surface area contributed by atoms with Crippen molar-refractivity contribution in [2.45, 2.75) is 63.6 Å². The molecule has 1 fully saturated rings. The van der Waals surface area contributed by atoms with E-state index in [1.54, 1.807) is 12.1 Å². The Morgan fingerprint density at radius 1 is 0.500 bits per heavy atom. The van der Waals surface area contributed by atoms with Crippen molar-refractivity contribution in [3.63, 3.8) is 0 Å². The molecule has 1 N–H and O–H groups in total. The summed E-state index contributed by atoms with van der Waals surface area (Å²) >= 11 is 0. The van der Waals surface area contributed by atoms with Crippen LogP contribution in [-0.2, 0) is 56.5 Å². The van der Waals surface area contributed by atoms with E-state index in [0.29, 0.717) is 32.0 Å². The molecule has 5 atom stereocenters. The van der Waals surface area contributed by atoms with Crippen molar-refractivity contribution < 1.29 is 38.3 Å². The minimum Gasteiger partial charge on any atom is -0.478 e. The van der Waals surface area contributed by atoms with Gasteiger partial charge in [0, 0.05) is 6.42 Å². The molecule has 6 aromatic carbocycles. The maximum Gasteiger partial charge on any atom is 0.335 e. The van der Waals surface area contributed by atoms with Gasteiger partial charge in [0.25, 0.3) is 0 Å². The number of carboxylic acids is 1. The van der Waals surface area contributed by atoms with Crippen molar-refractivity contribution in [3.8, 4) is 5.75 Å². The largest absolute Gasteiger partial charge is 0.478 e. The first-order valence-electron chi connectivity index (χ1n) is 18.9. The number of hydrogen-bond acceptors (Lipinski definition) is 7. The third-order valence-electron chi connectivity index (χ3n) is 9.65. The van der Waals surface area contributed by atoms with Crippen LogP contribution >= 0.6 is 0 Å². The molecule has 0 saturated carbocycles. The van der Waals surface area contributed by atoms with Crippen molar-refractivity contribution in [2.24, 2.45) is 0 Å². The van der Waals surface area contributed by atoms with E-state index in [-0.39, 0.29) is 18.8 Å². The highest BCUT2D eigenvalue weighted by atomic mass is 16.7. The van der Waals surface area contributed by atoms with Gasteiger partial charge in [0.05, 0.1) is 38.6 Å².